The van der Waals surface area contributed by atoms with E-state index in [1.54, 1.807) is 4.90 Å². The molecule has 0 radical (unpaired) electrons. The fourth-order valence-corrected chi connectivity index (χ4v) is 2.16. The lowest BCUT2D eigenvalue weighted by atomic mass is 10.1. The lowest BCUT2D eigenvalue weighted by Gasteiger charge is -2.25. The van der Waals surface area contributed by atoms with Crippen molar-refractivity contribution in [3.8, 4) is 0 Å². The lowest BCUT2D eigenvalue weighted by molar-refractivity contribution is 0.0697. The number of hydrogen-bond donors (Lipinski definition) is 1. The minimum atomic E-state index is -1.13. The van der Waals surface area contributed by atoms with Crippen LogP contribution in [0.1, 0.15) is 22.8 Å². The minimum absolute atomic E-state index is 0.0348. The zero-order valence-electron chi connectivity index (χ0n) is 11.4. The second-order valence-electron chi connectivity index (χ2n) is 4.52. The number of para-hydroxylation sites is 1. The predicted octanol–water partition coefficient (Wildman–Crippen LogP) is 3.99. The van der Waals surface area contributed by atoms with E-state index in [2.05, 4.69) is 0 Å². The molecule has 4 heteroatoms. The van der Waals surface area contributed by atoms with Gasteiger partial charge in [0.05, 0.1) is 11.3 Å². The second kappa shape index (κ2) is 5.74. The van der Waals surface area contributed by atoms with Crippen LogP contribution in [-0.2, 0) is 0 Å². The molecule has 104 valence electrons. The molecular weight excluding hydrogens is 257 g/mol. The van der Waals surface area contributed by atoms with Crippen molar-refractivity contribution in [2.75, 3.05) is 11.4 Å². The van der Waals surface area contributed by atoms with Crippen LogP contribution in [0.2, 0.25) is 0 Å². The Labute approximate surface area is 117 Å². The third-order valence-corrected chi connectivity index (χ3v) is 3.15. The molecule has 0 fully saturated rings. The molecular formula is C16H16FNO2. The summed E-state index contributed by atoms with van der Waals surface area (Å²) in [4.78, 5) is 13.0. The van der Waals surface area contributed by atoms with Gasteiger partial charge in [0.25, 0.3) is 0 Å². The third-order valence-electron chi connectivity index (χ3n) is 3.15. The molecule has 2 aromatic rings. The molecule has 0 amide bonds. The number of aryl methyl sites for hydroxylation is 1. The molecule has 0 aromatic heterocycles. The molecule has 0 unspecified atom stereocenters. The molecule has 2 aromatic carbocycles. The quantitative estimate of drug-likeness (QED) is 0.915. The number of hydrogen-bond acceptors (Lipinski definition) is 2. The smallest absolute Gasteiger partial charge is 0.337 e. The van der Waals surface area contributed by atoms with Gasteiger partial charge in [0.15, 0.2) is 0 Å². The largest absolute Gasteiger partial charge is 0.478 e. The highest BCUT2D eigenvalue weighted by atomic mass is 19.1. The van der Waals surface area contributed by atoms with Crippen LogP contribution < -0.4 is 4.90 Å². The van der Waals surface area contributed by atoms with E-state index < -0.39 is 11.8 Å². The number of nitrogens with zero attached hydrogens (tertiary/aromatic N) is 1. The summed E-state index contributed by atoms with van der Waals surface area (Å²) >= 11 is 0. The number of carbonyl (C=O) groups is 1. The van der Waals surface area contributed by atoms with Crippen LogP contribution in [0.15, 0.2) is 42.5 Å². The van der Waals surface area contributed by atoms with Crippen molar-refractivity contribution in [2.24, 2.45) is 0 Å². The fourth-order valence-electron chi connectivity index (χ4n) is 2.16. The van der Waals surface area contributed by atoms with Crippen molar-refractivity contribution in [2.45, 2.75) is 13.8 Å². The summed E-state index contributed by atoms with van der Waals surface area (Å²) in [6, 6.07) is 11.6. The van der Waals surface area contributed by atoms with E-state index in [0.717, 1.165) is 11.3 Å². The Hall–Kier alpha value is -2.36. The van der Waals surface area contributed by atoms with Gasteiger partial charge in [0, 0.05) is 12.2 Å². The number of benzene rings is 2. The SMILES string of the molecule is CCN(c1ccc(C)cc1)c1c(F)cccc1C(=O)O. The molecule has 2 rings (SSSR count). The first-order valence-electron chi connectivity index (χ1n) is 6.40. The first-order chi connectivity index (χ1) is 9.54. The number of halogens is 1. The molecule has 0 heterocycles. The Balaban J connectivity index is 2.57. The average Bonchev–Trinajstić information content (AvgIpc) is 2.43. The van der Waals surface area contributed by atoms with Crippen LogP contribution >= 0.6 is 0 Å². The highest BCUT2D eigenvalue weighted by Crippen LogP contribution is 2.31. The van der Waals surface area contributed by atoms with Gasteiger partial charge in [-0.1, -0.05) is 23.8 Å². The van der Waals surface area contributed by atoms with Gasteiger partial charge in [-0.15, -0.1) is 0 Å². The fraction of sp³-hybridized carbons (Fsp3) is 0.188. The van der Waals surface area contributed by atoms with Crippen molar-refractivity contribution < 1.29 is 14.3 Å². The van der Waals surface area contributed by atoms with E-state index in [9.17, 15) is 14.3 Å². The normalized spacial score (nSPS) is 10.3. The number of anilines is 2. The van der Waals surface area contributed by atoms with E-state index in [0.29, 0.717) is 6.54 Å². The van der Waals surface area contributed by atoms with Gasteiger partial charge >= 0.3 is 5.97 Å². The molecule has 1 N–H and O–H groups in total. The van der Waals surface area contributed by atoms with Crippen LogP contribution in [0.3, 0.4) is 0 Å². The van der Waals surface area contributed by atoms with Crippen LogP contribution in [0.25, 0.3) is 0 Å². The third kappa shape index (κ3) is 2.64. The van der Waals surface area contributed by atoms with E-state index >= 15 is 0 Å². The highest BCUT2D eigenvalue weighted by Gasteiger charge is 2.20. The average molecular weight is 273 g/mol. The molecule has 0 saturated carbocycles. The van der Waals surface area contributed by atoms with Crippen LogP contribution in [-0.4, -0.2) is 17.6 Å². The first kappa shape index (κ1) is 14.1. The van der Waals surface area contributed by atoms with Gasteiger partial charge in [-0.2, -0.15) is 0 Å². The van der Waals surface area contributed by atoms with Gasteiger partial charge in [-0.25, -0.2) is 9.18 Å². The van der Waals surface area contributed by atoms with Crippen LogP contribution in [0, 0.1) is 12.7 Å². The van der Waals surface area contributed by atoms with E-state index in [1.807, 2.05) is 38.1 Å². The lowest BCUT2D eigenvalue weighted by Crippen LogP contribution is -2.20. The van der Waals surface area contributed by atoms with Crippen molar-refractivity contribution in [1.29, 1.82) is 0 Å². The van der Waals surface area contributed by atoms with Crippen molar-refractivity contribution in [3.63, 3.8) is 0 Å². The molecule has 0 aliphatic heterocycles. The number of carboxylic acid groups (broad SMARTS) is 1. The van der Waals surface area contributed by atoms with Crippen molar-refractivity contribution in [1.82, 2.24) is 0 Å². The maximum absolute atomic E-state index is 14.1. The Morgan fingerprint density at radius 2 is 1.85 bits per heavy atom. The van der Waals surface area contributed by atoms with Gasteiger partial charge in [-0.05, 0) is 38.1 Å². The molecule has 0 aliphatic rings. The molecule has 0 saturated heterocycles. The maximum atomic E-state index is 14.1. The Morgan fingerprint density at radius 1 is 1.20 bits per heavy atom. The molecule has 0 atom stereocenters. The van der Waals surface area contributed by atoms with Gasteiger partial charge in [0.1, 0.15) is 5.82 Å². The number of carboxylic acids is 1. The van der Waals surface area contributed by atoms with Crippen molar-refractivity contribution in [3.05, 3.63) is 59.4 Å². The number of aromatic carboxylic acids is 1. The molecule has 0 aliphatic carbocycles. The zero-order chi connectivity index (χ0) is 14.7. The van der Waals surface area contributed by atoms with E-state index in [-0.39, 0.29) is 11.3 Å². The maximum Gasteiger partial charge on any atom is 0.337 e. The molecule has 20 heavy (non-hydrogen) atoms. The minimum Gasteiger partial charge on any atom is -0.478 e. The summed E-state index contributed by atoms with van der Waals surface area (Å²) in [5.41, 5.74) is 1.93. The summed E-state index contributed by atoms with van der Waals surface area (Å²) in [5.74, 6) is -1.67. The summed E-state index contributed by atoms with van der Waals surface area (Å²) in [6.07, 6.45) is 0. The van der Waals surface area contributed by atoms with E-state index in [4.69, 9.17) is 0 Å². The van der Waals surface area contributed by atoms with Gasteiger partial charge in [-0.3, -0.25) is 0 Å². The van der Waals surface area contributed by atoms with Crippen molar-refractivity contribution >= 4 is 17.3 Å². The summed E-state index contributed by atoms with van der Waals surface area (Å²) in [7, 11) is 0. The van der Waals surface area contributed by atoms with E-state index in [1.165, 1.54) is 18.2 Å². The second-order valence-corrected chi connectivity index (χ2v) is 4.52. The monoisotopic (exact) mass is 273 g/mol. The molecule has 0 bridgehead atoms. The van der Waals surface area contributed by atoms with Gasteiger partial charge < -0.3 is 10.0 Å². The Kier molecular flexibility index (Phi) is 4.03. The molecule has 0 spiro atoms. The van der Waals surface area contributed by atoms with Crippen LogP contribution in [0.4, 0.5) is 15.8 Å². The zero-order valence-corrected chi connectivity index (χ0v) is 11.4. The first-order valence-corrected chi connectivity index (χ1v) is 6.40. The Bertz CT molecular complexity index is 623. The summed E-state index contributed by atoms with van der Waals surface area (Å²) < 4.78 is 14.1. The van der Waals surface area contributed by atoms with Crippen LogP contribution in [0.5, 0.6) is 0 Å². The van der Waals surface area contributed by atoms with Gasteiger partial charge in [0.2, 0.25) is 0 Å². The number of rotatable bonds is 4. The standard InChI is InChI=1S/C16H16FNO2/c1-3-18(12-9-7-11(2)8-10-12)15-13(16(19)20)5-4-6-14(15)17/h4-10H,3H2,1-2H3,(H,19,20). The predicted molar refractivity (Wildman–Crippen MR) is 77.2 cm³/mol. The topological polar surface area (TPSA) is 40.5 Å². The highest BCUT2D eigenvalue weighted by molar-refractivity contribution is 5.95. The summed E-state index contributed by atoms with van der Waals surface area (Å²) in [6.45, 7) is 4.30. The summed E-state index contributed by atoms with van der Waals surface area (Å²) in [5, 5.41) is 9.23. The molecule has 3 nitrogen and oxygen atoms in total. The Morgan fingerprint density at radius 3 is 2.40 bits per heavy atom.